The number of hydrogen-bond acceptors (Lipinski definition) is 5. The van der Waals surface area contributed by atoms with Crippen LogP contribution >= 0.6 is 0 Å². The molecule has 5 rings (SSSR count). The number of rotatable bonds is 3. The van der Waals surface area contributed by atoms with E-state index >= 15 is 0 Å². The Bertz CT molecular complexity index is 853. The van der Waals surface area contributed by atoms with Gasteiger partial charge in [-0.15, -0.1) is 0 Å². The molecule has 3 aliphatic heterocycles. The lowest BCUT2D eigenvalue weighted by Gasteiger charge is -2.36. The highest BCUT2D eigenvalue weighted by atomic mass is 16.2. The van der Waals surface area contributed by atoms with Gasteiger partial charge in [0, 0.05) is 63.4 Å². The molecule has 0 unspecified atom stereocenters. The van der Waals surface area contributed by atoms with Crippen LogP contribution < -0.4 is 4.90 Å². The summed E-state index contributed by atoms with van der Waals surface area (Å²) in [5, 5.41) is 0. The number of fused-ring (bicyclic) bond motifs is 4. The molecule has 0 radical (unpaired) electrons. The number of carbonyl (C=O) groups is 2. The van der Waals surface area contributed by atoms with Crippen LogP contribution in [-0.2, 0) is 0 Å². The number of amides is 2. The predicted molar refractivity (Wildman–Crippen MR) is 106 cm³/mol. The van der Waals surface area contributed by atoms with Crippen LogP contribution in [0.15, 0.2) is 42.9 Å². The maximum atomic E-state index is 13.2. The van der Waals surface area contributed by atoms with Gasteiger partial charge in [0.25, 0.3) is 11.8 Å². The van der Waals surface area contributed by atoms with Crippen molar-refractivity contribution in [1.82, 2.24) is 19.8 Å². The molecule has 7 nitrogen and oxygen atoms in total. The Hall–Kier alpha value is -2.96. The molecule has 4 heterocycles. The van der Waals surface area contributed by atoms with Crippen molar-refractivity contribution in [1.29, 1.82) is 0 Å². The molecule has 28 heavy (non-hydrogen) atoms. The van der Waals surface area contributed by atoms with Crippen molar-refractivity contribution >= 4 is 17.5 Å². The Kier molecular flexibility index (Phi) is 4.98. The van der Waals surface area contributed by atoms with Crippen LogP contribution in [0.1, 0.15) is 33.7 Å². The molecule has 0 aliphatic carbocycles. The van der Waals surface area contributed by atoms with E-state index < -0.39 is 0 Å². The van der Waals surface area contributed by atoms with E-state index in [0.29, 0.717) is 36.8 Å². The molecule has 7 heteroatoms. The SMILES string of the molecule is CN(C)c1ccc(C(=O)N2C[C@H]3CC[C@@H]2CN(C(=O)c2cnccn2)C3)cc1. The maximum Gasteiger partial charge on any atom is 0.274 e. The van der Waals surface area contributed by atoms with E-state index in [4.69, 9.17) is 0 Å². The molecule has 0 spiro atoms. The summed E-state index contributed by atoms with van der Waals surface area (Å²) in [6.45, 7) is 1.91. The molecule has 2 aromatic rings. The fourth-order valence-corrected chi connectivity index (χ4v) is 4.14. The Balaban J connectivity index is 1.52. The second-order valence-corrected chi connectivity index (χ2v) is 7.80. The van der Waals surface area contributed by atoms with Gasteiger partial charge in [0.1, 0.15) is 5.69 Å². The minimum absolute atomic E-state index is 0.0420. The van der Waals surface area contributed by atoms with Gasteiger partial charge in [-0.2, -0.15) is 0 Å². The lowest BCUT2D eigenvalue weighted by Crippen LogP contribution is -2.47. The van der Waals surface area contributed by atoms with Gasteiger partial charge < -0.3 is 14.7 Å². The highest BCUT2D eigenvalue weighted by molar-refractivity contribution is 5.95. The van der Waals surface area contributed by atoms with E-state index in [2.05, 4.69) is 9.97 Å². The minimum Gasteiger partial charge on any atom is -0.378 e. The summed E-state index contributed by atoms with van der Waals surface area (Å²) < 4.78 is 0. The van der Waals surface area contributed by atoms with Crippen LogP contribution in [0.2, 0.25) is 0 Å². The number of aromatic nitrogens is 2. The summed E-state index contributed by atoms with van der Waals surface area (Å²) in [4.78, 5) is 39.9. The molecule has 3 saturated heterocycles. The lowest BCUT2D eigenvalue weighted by atomic mass is 9.94. The van der Waals surface area contributed by atoms with Crippen molar-refractivity contribution in [3.05, 3.63) is 54.1 Å². The Morgan fingerprint density at radius 1 is 1.00 bits per heavy atom. The zero-order valence-corrected chi connectivity index (χ0v) is 16.3. The summed E-state index contributed by atoms with van der Waals surface area (Å²) in [7, 11) is 3.96. The van der Waals surface area contributed by atoms with Gasteiger partial charge in [-0.05, 0) is 43.0 Å². The first-order chi connectivity index (χ1) is 13.5. The third kappa shape index (κ3) is 3.56. The summed E-state index contributed by atoms with van der Waals surface area (Å²) in [6.07, 6.45) is 6.57. The fourth-order valence-electron chi connectivity index (χ4n) is 4.14. The van der Waals surface area contributed by atoms with Crippen LogP contribution in [0.3, 0.4) is 0 Å². The fraction of sp³-hybridized carbons (Fsp3) is 0.429. The van der Waals surface area contributed by atoms with E-state index in [9.17, 15) is 9.59 Å². The van der Waals surface area contributed by atoms with Crippen molar-refractivity contribution in [3.8, 4) is 0 Å². The first-order valence-corrected chi connectivity index (χ1v) is 9.66. The molecule has 2 bridgehead atoms. The molecular formula is C21H25N5O2. The van der Waals surface area contributed by atoms with E-state index in [1.54, 1.807) is 6.20 Å². The largest absolute Gasteiger partial charge is 0.378 e. The first-order valence-electron chi connectivity index (χ1n) is 9.66. The zero-order valence-electron chi connectivity index (χ0n) is 16.3. The third-order valence-corrected chi connectivity index (χ3v) is 5.67. The first kappa shape index (κ1) is 18.4. The van der Waals surface area contributed by atoms with E-state index in [-0.39, 0.29) is 17.9 Å². The van der Waals surface area contributed by atoms with Gasteiger partial charge in [0.05, 0.1) is 6.20 Å². The number of hydrogen-bond donors (Lipinski definition) is 0. The smallest absolute Gasteiger partial charge is 0.274 e. The van der Waals surface area contributed by atoms with Crippen molar-refractivity contribution < 1.29 is 9.59 Å². The Morgan fingerprint density at radius 3 is 2.46 bits per heavy atom. The zero-order chi connectivity index (χ0) is 19.7. The second kappa shape index (κ2) is 7.58. The number of benzene rings is 1. The summed E-state index contributed by atoms with van der Waals surface area (Å²) in [5.74, 6) is 0.243. The van der Waals surface area contributed by atoms with Crippen molar-refractivity contribution in [2.45, 2.75) is 18.9 Å². The standard InChI is InChI=1S/C21H25N5O2/c1-24(2)17-7-4-16(5-8-17)20(27)26-13-15-3-6-18(26)14-25(12-15)21(28)19-11-22-9-10-23-19/h4-5,7-11,15,18H,3,6,12-14H2,1-2H3/t15-,18+/m0/s1. The number of carbonyl (C=O) groups excluding carboxylic acids is 2. The number of anilines is 1. The minimum atomic E-state index is -0.102. The molecular weight excluding hydrogens is 354 g/mol. The normalized spacial score (nSPS) is 21.4. The monoisotopic (exact) mass is 379 g/mol. The third-order valence-electron chi connectivity index (χ3n) is 5.67. The van der Waals surface area contributed by atoms with Gasteiger partial charge in [-0.1, -0.05) is 0 Å². The van der Waals surface area contributed by atoms with E-state index in [1.165, 1.54) is 12.4 Å². The highest BCUT2D eigenvalue weighted by Gasteiger charge is 2.39. The van der Waals surface area contributed by atoms with Crippen LogP contribution in [0.5, 0.6) is 0 Å². The van der Waals surface area contributed by atoms with Crippen LogP contribution in [0.25, 0.3) is 0 Å². The van der Waals surface area contributed by atoms with Crippen LogP contribution in [-0.4, -0.2) is 71.4 Å². The molecule has 0 N–H and O–H groups in total. The van der Waals surface area contributed by atoms with Gasteiger partial charge in [-0.3, -0.25) is 14.6 Å². The van der Waals surface area contributed by atoms with Crippen LogP contribution in [0.4, 0.5) is 5.69 Å². The van der Waals surface area contributed by atoms with Crippen molar-refractivity contribution in [3.63, 3.8) is 0 Å². The average Bonchev–Trinajstić information content (AvgIpc) is 3.05. The quantitative estimate of drug-likeness (QED) is 0.815. The van der Waals surface area contributed by atoms with Gasteiger partial charge in [0.15, 0.2) is 0 Å². The molecule has 3 fully saturated rings. The summed E-state index contributed by atoms with van der Waals surface area (Å²) in [5.41, 5.74) is 2.13. The molecule has 1 aromatic carbocycles. The highest BCUT2D eigenvalue weighted by Crippen LogP contribution is 2.30. The number of nitrogens with zero attached hydrogens (tertiary/aromatic N) is 5. The predicted octanol–water partition coefficient (Wildman–Crippen LogP) is 1.92. The Labute approximate surface area is 165 Å². The molecule has 146 valence electrons. The van der Waals surface area contributed by atoms with Crippen molar-refractivity contribution in [2.24, 2.45) is 5.92 Å². The summed E-state index contributed by atoms with van der Waals surface area (Å²) >= 11 is 0. The molecule has 1 aromatic heterocycles. The second-order valence-electron chi connectivity index (χ2n) is 7.80. The van der Waals surface area contributed by atoms with E-state index in [0.717, 1.165) is 18.5 Å². The molecule has 2 atom stereocenters. The maximum absolute atomic E-state index is 13.2. The van der Waals surface area contributed by atoms with Gasteiger partial charge in [-0.25, -0.2) is 4.98 Å². The lowest BCUT2D eigenvalue weighted by molar-refractivity contribution is 0.0574. The average molecular weight is 379 g/mol. The van der Waals surface area contributed by atoms with Crippen molar-refractivity contribution in [2.75, 3.05) is 38.6 Å². The van der Waals surface area contributed by atoms with Gasteiger partial charge in [0.2, 0.25) is 0 Å². The van der Waals surface area contributed by atoms with E-state index in [1.807, 2.05) is 53.1 Å². The summed E-state index contributed by atoms with van der Waals surface area (Å²) in [6, 6.07) is 7.75. The Morgan fingerprint density at radius 2 is 1.79 bits per heavy atom. The number of piperidine rings is 1. The van der Waals surface area contributed by atoms with Gasteiger partial charge >= 0.3 is 0 Å². The molecule has 3 aliphatic rings. The molecule has 0 saturated carbocycles. The molecule has 2 amide bonds. The van der Waals surface area contributed by atoms with Crippen LogP contribution in [0, 0.1) is 5.92 Å². The topological polar surface area (TPSA) is 69.6 Å².